The molecule has 4 aromatic rings. The summed E-state index contributed by atoms with van der Waals surface area (Å²) in [5, 5.41) is 4.73. The van der Waals surface area contributed by atoms with Gasteiger partial charge >= 0.3 is 5.97 Å². The molecule has 0 heterocycles. The summed E-state index contributed by atoms with van der Waals surface area (Å²) in [5.74, 6) is 1.52. The van der Waals surface area contributed by atoms with E-state index >= 15 is 0 Å². The van der Waals surface area contributed by atoms with E-state index in [9.17, 15) is 4.79 Å². The Morgan fingerprint density at radius 1 is 0.610 bits per heavy atom. The first-order valence-corrected chi connectivity index (χ1v) is 15.2. The van der Waals surface area contributed by atoms with Gasteiger partial charge in [-0.1, -0.05) is 112 Å². The molecule has 4 aromatic carbocycles. The third kappa shape index (κ3) is 8.36. The van der Waals surface area contributed by atoms with Crippen LogP contribution in [0.3, 0.4) is 0 Å². The largest absolute Gasteiger partial charge is 0.493 e. The normalized spacial score (nSPS) is 11.1. The van der Waals surface area contributed by atoms with Gasteiger partial charge in [0.15, 0.2) is 0 Å². The maximum Gasteiger partial charge on any atom is 0.333 e. The number of fused-ring (bicyclic) bond motifs is 2. The van der Waals surface area contributed by atoms with Crippen LogP contribution in [0.2, 0.25) is 0 Å². The topological polar surface area (TPSA) is 44.8 Å². The third-order valence-corrected chi connectivity index (χ3v) is 7.46. The number of hydrogen-bond acceptors (Lipinski definition) is 4. The van der Waals surface area contributed by atoms with Crippen molar-refractivity contribution in [1.29, 1.82) is 0 Å². The molecule has 0 spiro atoms. The Kier molecular flexibility index (Phi) is 11.7. The molecule has 0 amide bonds. The molecule has 0 bridgehead atoms. The van der Waals surface area contributed by atoms with Gasteiger partial charge in [0.05, 0.1) is 19.8 Å². The smallest absolute Gasteiger partial charge is 0.333 e. The average molecular weight is 553 g/mol. The molecule has 4 rings (SSSR count). The molecule has 0 unspecified atom stereocenters. The highest BCUT2D eigenvalue weighted by Gasteiger charge is 2.18. The molecule has 0 fully saturated rings. The first kappa shape index (κ1) is 30.2. The van der Waals surface area contributed by atoms with Gasteiger partial charge in [-0.15, -0.1) is 0 Å². The van der Waals surface area contributed by atoms with E-state index in [1.807, 2.05) is 6.92 Å². The van der Waals surface area contributed by atoms with Crippen LogP contribution in [0.4, 0.5) is 0 Å². The maximum atomic E-state index is 11.4. The molecule has 0 saturated carbocycles. The van der Waals surface area contributed by atoms with Crippen LogP contribution in [0.15, 0.2) is 84.9 Å². The van der Waals surface area contributed by atoms with Crippen molar-refractivity contribution in [3.63, 3.8) is 0 Å². The zero-order valence-electron chi connectivity index (χ0n) is 24.8. The Balaban J connectivity index is 1.31. The van der Waals surface area contributed by atoms with Crippen molar-refractivity contribution in [2.24, 2.45) is 0 Å². The van der Waals surface area contributed by atoms with Gasteiger partial charge < -0.3 is 14.2 Å². The fourth-order valence-corrected chi connectivity index (χ4v) is 5.33. The number of carbonyl (C=O) groups excluding carboxylic acids is 1. The van der Waals surface area contributed by atoms with Crippen LogP contribution >= 0.6 is 0 Å². The van der Waals surface area contributed by atoms with Crippen LogP contribution in [0, 0.1) is 0 Å². The van der Waals surface area contributed by atoms with Crippen molar-refractivity contribution in [2.75, 3.05) is 19.8 Å². The molecule has 0 aliphatic rings. The maximum absolute atomic E-state index is 11.4. The van der Waals surface area contributed by atoms with Crippen molar-refractivity contribution in [3.8, 4) is 22.6 Å². The molecular formula is C37H44O4. The number of unbranched alkanes of at least 4 members (excludes halogenated alkanes) is 8. The van der Waals surface area contributed by atoms with E-state index in [2.05, 4.69) is 79.4 Å². The quantitative estimate of drug-likeness (QED) is 0.0742. The van der Waals surface area contributed by atoms with Gasteiger partial charge in [-0.2, -0.15) is 0 Å². The van der Waals surface area contributed by atoms with Crippen molar-refractivity contribution in [3.05, 3.63) is 84.9 Å². The zero-order valence-corrected chi connectivity index (χ0v) is 24.8. The number of carbonyl (C=O) groups is 1. The number of ether oxygens (including phenoxy) is 3. The van der Waals surface area contributed by atoms with Crippen LogP contribution < -0.4 is 9.47 Å². The van der Waals surface area contributed by atoms with Gasteiger partial charge in [0.2, 0.25) is 0 Å². The molecule has 0 aromatic heterocycles. The van der Waals surface area contributed by atoms with E-state index < -0.39 is 0 Å². The molecule has 0 N–H and O–H groups in total. The highest BCUT2D eigenvalue weighted by atomic mass is 16.5. The summed E-state index contributed by atoms with van der Waals surface area (Å²) in [6, 6.07) is 25.5. The number of hydrogen-bond donors (Lipinski definition) is 0. The highest BCUT2D eigenvalue weighted by molar-refractivity contribution is 6.09. The Morgan fingerprint density at radius 2 is 1.07 bits per heavy atom. The van der Waals surface area contributed by atoms with Gasteiger partial charge in [0.1, 0.15) is 11.5 Å². The summed E-state index contributed by atoms with van der Waals surface area (Å²) in [6.07, 6.45) is 10.4. The van der Waals surface area contributed by atoms with Crippen molar-refractivity contribution in [1.82, 2.24) is 0 Å². The van der Waals surface area contributed by atoms with Gasteiger partial charge in [-0.25, -0.2) is 4.79 Å². The second-order valence-corrected chi connectivity index (χ2v) is 10.7. The number of rotatable bonds is 17. The van der Waals surface area contributed by atoms with E-state index in [1.165, 1.54) is 53.6 Å². The van der Waals surface area contributed by atoms with E-state index in [1.54, 1.807) is 6.92 Å². The minimum absolute atomic E-state index is 0.283. The minimum Gasteiger partial charge on any atom is -0.493 e. The molecule has 0 radical (unpaired) electrons. The van der Waals surface area contributed by atoms with E-state index in [0.29, 0.717) is 25.4 Å². The van der Waals surface area contributed by atoms with E-state index in [4.69, 9.17) is 14.2 Å². The third-order valence-electron chi connectivity index (χ3n) is 7.46. The van der Waals surface area contributed by atoms with E-state index in [-0.39, 0.29) is 5.97 Å². The summed E-state index contributed by atoms with van der Waals surface area (Å²) in [7, 11) is 0. The Morgan fingerprint density at radius 3 is 1.59 bits per heavy atom. The molecule has 4 nitrogen and oxygen atoms in total. The van der Waals surface area contributed by atoms with Crippen LogP contribution in [-0.2, 0) is 9.53 Å². The average Bonchev–Trinajstić information content (AvgIpc) is 2.99. The number of benzene rings is 4. The predicted octanol–water partition coefficient (Wildman–Crippen LogP) is 10.1. The molecule has 0 saturated heterocycles. The minimum atomic E-state index is -0.283. The summed E-state index contributed by atoms with van der Waals surface area (Å²) in [4.78, 5) is 11.4. The lowest BCUT2D eigenvalue weighted by Gasteiger charge is -2.19. The fourth-order valence-electron chi connectivity index (χ4n) is 5.33. The predicted molar refractivity (Wildman–Crippen MR) is 171 cm³/mol. The second kappa shape index (κ2) is 15.9. The summed E-state index contributed by atoms with van der Waals surface area (Å²) >= 11 is 0. The van der Waals surface area contributed by atoms with Crippen molar-refractivity contribution in [2.45, 2.75) is 71.6 Å². The molecule has 0 aliphatic heterocycles. The van der Waals surface area contributed by atoms with Gasteiger partial charge in [-0.3, -0.25) is 0 Å². The van der Waals surface area contributed by atoms with Gasteiger partial charge in [-0.05, 0) is 60.4 Å². The standard InChI is InChI=1S/C37H44O4/c1-4-39-33-24-22-29-18-12-14-20-31(29)35(33)36-32-21-15-13-19-30(32)23-25-34(36)40-26-16-10-8-6-5-7-9-11-17-27-41-37(38)28(2)3/h12-15,18-25H,2,4-11,16-17,26-27H2,1,3H3. The Hall–Kier alpha value is -3.79. The first-order valence-electron chi connectivity index (χ1n) is 15.2. The second-order valence-electron chi connectivity index (χ2n) is 10.7. The van der Waals surface area contributed by atoms with Crippen LogP contribution in [0.5, 0.6) is 11.5 Å². The fraction of sp³-hybridized carbons (Fsp3) is 0.378. The number of esters is 1. The summed E-state index contributed by atoms with van der Waals surface area (Å²) < 4.78 is 17.8. The molecular weight excluding hydrogens is 508 g/mol. The highest BCUT2D eigenvalue weighted by Crippen LogP contribution is 2.45. The molecule has 216 valence electrons. The molecule has 41 heavy (non-hydrogen) atoms. The SMILES string of the molecule is C=C(C)C(=O)OCCCCCCCCCCCOc1ccc2ccccc2c1-c1c(OCC)ccc2ccccc12. The monoisotopic (exact) mass is 552 g/mol. The van der Waals surface area contributed by atoms with Gasteiger partial charge in [0.25, 0.3) is 0 Å². The molecule has 4 heteroatoms. The van der Waals surface area contributed by atoms with Crippen LogP contribution in [0.1, 0.15) is 71.6 Å². The van der Waals surface area contributed by atoms with Gasteiger partial charge in [0, 0.05) is 16.7 Å². The van der Waals surface area contributed by atoms with Crippen LogP contribution in [0.25, 0.3) is 32.7 Å². The molecule has 0 atom stereocenters. The van der Waals surface area contributed by atoms with E-state index in [0.717, 1.165) is 48.3 Å². The Labute approximate surface area is 245 Å². The lowest BCUT2D eigenvalue weighted by Crippen LogP contribution is -2.05. The zero-order chi connectivity index (χ0) is 28.9. The first-order chi connectivity index (χ1) is 20.1. The summed E-state index contributed by atoms with van der Waals surface area (Å²) in [5.41, 5.74) is 2.68. The van der Waals surface area contributed by atoms with Crippen molar-refractivity contribution >= 4 is 27.5 Å². The Bertz CT molecular complexity index is 1440. The van der Waals surface area contributed by atoms with Crippen LogP contribution in [-0.4, -0.2) is 25.8 Å². The van der Waals surface area contributed by atoms with Crippen molar-refractivity contribution < 1.29 is 19.0 Å². The lowest BCUT2D eigenvalue weighted by atomic mass is 9.92. The lowest BCUT2D eigenvalue weighted by molar-refractivity contribution is -0.139. The molecule has 0 aliphatic carbocycles. The summed E-state index contributed by atoms with van der Waals surface area (Å²) in [6.45, 7) is 9.12.